The molecule has 1 aromatic heterocycles. The van der Waals surface area contributed by atoms with E-state index in [0.717, 1.165) is 31.8 Å². The summed E-state index contributed by atoms with van der Waals surface area (Å²) in [6, 6.07) is 3.36. The van der Waals surface area contributed by atoms with Gasteiger partial charge in [-0.25, -0.2) is 8.78 Å². The molecule has 0 spiro atoms. The number of benzene rings is 1. The number of nitrogens with one attached hydrogen (secondary N) is 1. The number of carbonyl (C=O) groups excluding carboxylic acids is 1. The summed E-state index contributed by atoms with van der Waals surface area (Å²) in [5.41, 5.74) is -0.0162. The summed E-state index contributed by atoms with van der Waals surface area (Å²) in [6.07, 6.45) is 2.37. The lowest BCUT2D eigenvalue weighted by Crippen LogP contribution is -2.49. The van der Waals surface area contributed by atoms with Gasteiger partial charge in [0.2, 0.25) is 17.5 Å². The van der Waals surface area contributed by atoms with Crippen LogP contribution < -0.4 is 5.32 Å². The van der Waals surface area contributed by atoms with Crippen LogP contribution in [0.1, 0.15) is 41.0 Å². The van der Waals surface area contributed by atoms with Crippen LogP contribution in [-0.2, 0) is 0 Å². The van der Waals surface area contributed by atoms with Gasteiger partial charge in [-0.2, -0.15) is 4.98 Å². The van der Waals surface area contributed by atoms with Crippen LogP contribution in [0, 0.1) is 11.6 Å². The summed E-state index contributed by atoms with van der Waals surface area (Å²) in [4.78, 5) is 18.8. The summed E-state index contributed by atoms with van der Waals surface area (Å²) in [6.45, 7) is 2.66. The van der Waals surface area contributed by atoms with Crippen LogP contribution in [0.15, 0.2) is 22.7 Å². The summed E-state index contributed by atoms with van der Waals surface area (Å²) in [7, 11) is 0. The molecule has 6 nitrogen and oxygen atoms in total. The smallest absolute Gasteiger partial charge is 0.245 e. The quantitative estimate of drug-likeness (QED) is 0.862. The highest BCUT2D eigenvalue weighted by molar-refractivity contribution is 6.06. The van der Waals surface area contributed by atoms with Crippen molar-refractivity contribution in [2.45, 2.75) is 24.9 Å². The minimum atomic E-state index is -1.08. The fourth-order valence-electron chi connectivity index (χ4n) is 3.34. The van der Waals surface area contributed by atoms with E-state index < -0.39 is 17.4 Å². The van der Waals surface area contributed by atoms with Gasteiger partial charge in [0.25, 0.3) is 0 Å². The molecule has 2 saturated heterocycles. The minimum absolute atomic E-state index is 0.0162. The Labute approximate surface area is 136 Å². The Kier molecular flexibility index (Phi) is 3.85. The number of rotatable bonds is 3. The highest BCUT2D eigenvalue weighted by Crippen LogP contribution is 2.25. The number of fused-ring (bicyclic) bond motifs is 1. The lowest BCUT2D eigenvalue weighted by molar-refractivity contribution is 0.102. The molecular formula is C16H16F2N4O2. The van der Waals surface area contributed by atoms with Crippen molar-refractivity contribution >= 4 is 5.78 Å². The molecule has 2 aliphatic heterocycles. The Morgan fingerprint density at radius 1 is 1.33 bits per heavy atom. The van der Waals surface area contributed by atoms with Gasteiger partial charge < -0.3 is 9.84 Å². The number of nitrogens with zero attached hydrogens (tertiary/aromatic N) is 3. The molecule has 2 atom stereocenters. The van der Waals surface area contributed by atoms with Crippen LogP contribution in [0.25, 0.3) is 0 Å². The molecule has 2 aromatic rings. The van der Waals surface area contributed by atoms with E-state index >= 15 is 0 Å². The fourth-order valence-corrected chi connectivity index (χ4v) is 3.34. The Morgan fingerprint density at radius 2 is 2.21 bits per heavy atom. The Balaban J connectivity index is 1.52. The topological polar surface area (TPSA) is 71.3 Å². The second-order valence-electron chi connectivity index (χ2n) is 6.17. The van der Waals surface area contributed by atoms with Crippen LogP contribution in [0.3, 0.4) is 0 Å². The predicted octanol–water partition coefficient (Wildman–Crippen LogP) is 1.69. The van der Waals surface area contributed by atoms with Crippen molar-refractivity contribution in [2.75, 3.05) is 19.6 Å². The van der Waals surface area contributed by atoms with Gasteiger partial charge in [0.1, 0.15) is 6.04 Å². The maximum Gasteiger partial charge on any atom is 0.245 e. The lowest BCUT2D eigenvalue weighted by Gasteiger charge is -2.34. The molecule has 0 radical (unpaired) electrons. The third-order valence-electron chi connectivity index (χ3n) is 4.64. The molecule has 8 heteroatoms. The van der Waals surface area contributed by atoms with Crippen LogP contribution in [-0.4, -0.2) is 46.5 Å². The number of hydrogen-bond acceptors (Lipinski definition) is 6. The number of carbonyl (C=O) groups is 1. The molecule has 0 saturated carbocycles. The van der Waals surface area contributed by atoms with Crippen LogP contribution in [0.5, 0.6) is 0 Å². The van der Waals surface area contributed by atoms with E-state index in [1.807, 2.05) is 0 Å². The van der Waals surface area contributed by atoms with Crippen molar-refractivity contribution in [3.8, 4) is 0 Å². The maximum atomic E-state index is 13.3. The Hall–Kier alpha value is -2.19. The summed E-state index contributed by atoms with van der Waals surface area (Å²) in [5.74, 6) is -2.50. The van der Waals surface area contributed by atoms with Gasteiger partial charge in [-0.05, 0) is 37.6 Å². The average molecular weight is 334 g/mol. The van der Waals surface area contributed by atoms with E-state index in [1.54, 1.807) is 0 Å². The van der Waals surface area contributed by atoms with Gasteiger partial charge in [-0.1, -0.05) is 5.16 Å². The van der Waals surface area contributed by atoms with Crippen molar-refractivity contribution in [2.24, 2.45) is 0 Å². The maximum absolute atomic E-state index is 13.3. The molecule has 126 valence electrons. The first-order chi connectivity index (χ1) is 11.6. The molecule has 1 aromatic carbocycles. The van der Waals surface area contributed by atoms with E-state index in [0.29, 0.717) is 11.9 Å². The summed E-state index contributed by atoms with van der Waals surface area (Å²) in [5, 5.41) is 7.05. The zero-order valence-electron chi connectivity index (χ0n) is 12.8. The summed E-state index contributed by atoms with van der Waals surface area (Å²) >= 11 is 0. The normalized spacial score (nSPS) is 24.1. The van der Waals surface area contributed by atoms with Gasteiger partial charge in [0.05, 0.1) is 0 Å². The molecule has 0 bridgehead atoms. The molecule has 4 rings (SSSR count). The standard InChI is InChI=1S/C16H16F2N4O2/c17-11-4-3-9(6-12(11)18)14(23)15-20-16(24-21-15)13-8-22-5-1-2-10(22)7-19-13/h3-4,6,10,13,19H,1-2,5,7-8H2/t10-,13+/m1/s1. The molecule has 1 N–H and O–H groups in total. The lowest BCUT2D eigenvalue weighted by atomic mass is 10.1. The molecule has 0 unspecified atom stereocenters. The Morgan fingerprint density at radius 3 is 3.04 bits per heavy atom. The fraction of sp³-hybridized carbons (Fsp3) is 0.438. The van der Waals surface area contributed by atoms with Gasteiger partial charge in [0, 0.05) is 24.7 Å². The number of piperazine rings is 1. The second-order valence-corrected chi connectivity index (χ2v) is 6.17. The van der Waals surface area contributed by atoms with Gasteiger partial charge in [-0.3, -0.25) is 9.69 Å². The van der Waals surface area contributed by atoms with E-state index in [9.17, 15) is 13.6 Å². The number of hydrogen-bond donors (Lipinski definition) is 1. The van der Waals surface area contributed by atoms with E-state index in [-0.39, 0.29) is 17.4 Å². The molecule has 2 aliphatic rings. The first-order valence-corrected chi connectivity index (χ1v) is 7.92. The summed E-state index contributed by atoms with van der Waals surface area (Å²) < 4.78 is 31.4. The van der Waals surface area contributed by atoms with E-state index in [2.05, 4.69) is 20.4 Å². The monoisotopic (exact) mass is 334 g/mol. The molecule has 3 heterocycles. The van der Waals surface area contributed by atoms with E-state index in [4.69, 9.17) is 4.52 Å². The molecular weight excluding hydrogens is 318 g/mol. The van der Waals surface area contributed by atoms with Crippen molar-refractivity contribution in [1.29, 1.82) is 0 Å². The molecule has 24 heavy (non-hydrogen) atoms. The average Bonchev–Trinajstić information content (AvgIpc) is 3.24. The first kappa shape index (κ1) is 15.3. The van der Waals surface area contributed by atoms with Crippen molar-refractivity contribution < 1.29 is 18.1 Å². The highest BCUT2D eigenvalue weighted by atomic mass is 19.2. The first-order valence-electron chi connectivity index (χ1n) is 7.92. The molecule has 0 aliphatic carbocycles. The third kappa shape index (κ3) is 2.71. The second kappa shape index (κ2) is 6.03. The van der Waals surface area contributed by atoms with Gasteiger partial charge in [-0.15, -0.1) is 0 Å². The highest BCUT2D eigenvalue weighted by Gasteiger charge is 2.34. The van der Waals surface area contributed by atoms with Gasteiger partial charge >= 0.3 is 0 Å². The number of halogens is 2. The van der Waals surface area contributed by atoms with Crippen molar-refractivity contribution in [3.63, 3.8) is 0 Å². The number of aromatic nitrogens is 2. The van der Waals surface area contributed by atoms with E-state index in [1.165, 1.54) is 18.9 Å². The number of ketones is 1. The third-order valence-corrected chi connectivity index (χ3v) is 4.64. The predicted molar refractivity (Wildman–Crippen MR) is 79.4 cm³/mol. The molecule has 2 fully saturated rings. The van der Waals surface area contributed by atoms with Crippen LogP contribution in [0.2, 0.25) is 0 Å². The van der Waals surface area contributed by atoms with Crippen LogP contribution >= 0.6 is 0 Å². The zero-order chi connectivity index (χ0) is 16.7. The Bertz CT molecular complexity index is 779. The molecule has 0 amide bonds. The van der Waals surface area contributed by atoms with Gasteiger partial charge in [0.15, 0.2) is 11.6 Å². The van der Waals surface area contributed by atoms with Crippen LogP contribution in [0.4, 0.5) is 8.78 Å². The van der Waals surface area contributed by atoms with Crippen molar-refractivity contribution in [1.82, 2.24) is 20.4 Å². The zero-order valence-corrected chi connectivity index (χ0v) is 12.8. The minimum Gasteiger partial charge on any atom is -0.337 e. The largest absolute Gasteiger partial charge is 0.337 e. The SMILES string of the molecule is O=C(c1ccc(F)c(F)c1)c1noc([C@@H]2CN3CCC[C@@H]3CN2)n1. The van der Waals surface area contributed by atoms with Crippen molar-refractivity contribution in [3.05, 3.63) is 47.1 Å².